The minimum atomic E-state index is -0.400. The number of methoxy groups -OCH3 is 2. The molecule has 4 rings (SSSR count). The van der Waals surface area contributed by atoms with Crippen LogP contribution in [0.15, 0.2) is 66.7 Å². The first-order valence-corrected chi connectivity index (χ1v) is 10.8. The minimum Gasteiger partial charge on any atom is -0.497 e. The highest BCUT2D eigenvalue weighted by Gasteiger charge is 2.21. The third-order valence-corrected chi connectivity index (χ3v) is 5.50. The number of aromatic nitrogens is 2. The highest BCUT2D eigenvalue weighted by molar-refractivity contribution is 6.02. The summed E-state index contributed by atoms with van der Waals surface area (Å²) in [5.74, 6) is 1.42. The molecule has 7 nitrogen and oxygen atoms in total. The quantitative estimate of drug-likeness (QED) is 0.376. The van der Waals surface area contributed by atoms with Gasteiger partial charge in [-0.05, 0) is 54.5 Å². The lowest BCUT2D eigenvalue weighted by molar-refractivity contribution is 0.254. The smallest absolute Gasteiger partial charge is 0.332 e. The Bertz CT molecular complexity index is 1430. The average Bonchev–Trinajstić information content (AvgIpc) is 3.27. The standard InChI is InChI=1S/C27H24N4O3/c1-4-18-9-5-6-10-22(18)30-27(32)31-24-12-8-7-11-23(24)29-26(31)20(17-28)15-19-16-21(33-2)13-14-25(19)34-3/h5-16H,4H2,1-3H3,(H,30,32). The van der Waals surface area contributed by atoms with Crippen molar-refractivity contribution in [3.05, 3.63) is 83.7 Å². The summed E-state index contributed by atoms with van der Waals surface area (Å²) in [6.07, 6.45) is 2.42. The molecule has 1 aromatic heterocycles. The number of aryl methyl sites for hydroxylation is 1. The Morgan fingerprint density at radius 2 is 1.85 bits per heavy atom. The van der Waals surface area contributed by atoms with Gasteiger partial charge >= 0.3 is 6.03 Å². The van der Waals surface area contributed by atoms with E-state index in [9.17, 15) is 10.1 Å². The summed E-state index contributed by atoms with van der Waals surface area (Å²) in [6.45, 7) is 2.03. The molecule has 4 aromatic rings. The highest BCUT2D eigenvalue weighted by atomic mass is 16.5. The number of hydrogen-bond donors (Lipinski definition) is 1. The summed E-state index contributed by atoms with van der Waals surface area (Å²) < 4.78 is 12.2. The first-order chi connectivity index (χ1) is 16.6. The molecule has 34 heavy (non-hydrogen) atoms. The number of ether oxygens (including phenoxy) is 2. The number of fused-ring (bicyclic) bond motifs is 1. The molecular weight excluding hydrogens is 428 g/mol. The molecule has 0 atom stereocenters. The van der Waals surface area contributed by atoms with E-state index in [0.717, 1.165) is 17.7 Å². The van der Waals surface area contributed by atoms with Crippen molar-refractivity contribution in [2.24, 2.45) is 0 Å². The Balaban J connectivity index is 1.86. The molecule has 0 aliphatic carbocycles. The lowest BCUT2D eigenvalue weighted by Gasteiger charge is -2.13. The van der Waals surface area contributed by atoms with Crippen LogP contribution in [0.4, 0.5) is 10.5 Å². The van der Waals surface area contributed by atoms with Crippen molar-refractivity contribution < 1.29 is 14.3 Å². The maximum Gasteiger partial charge on any atom is 0.332 e. The van der Waals surface area contributed by atoms with Gasteiger partial charge in [-0.1, -0.05) is 37.3 Å². The predicted molar refractivity (Wildman–Crippen MR) is 133 cm³/mol. The minimum absolute atomic E-state index is 0.210. The van der Waals surface area contributed by atoms with Gasteiger partial charge in [0, 0.05) is 11.3 Å². The van der Waals surface area contributed by atoms with Gasteiger partial charge in [-0.25, -0.2) is 14.3 Å². The van der Waals surface area contributed by atoms with Crippen LogP contribution in [-0.4, -0.2) is 29.8 Å². The zero-order valence-electron chi connectivity index (χ0n) is 19.2. The van der Waals surface area contributed by atoms with Gasteiger partial charge in [-0.3, -0.25) is 0 Å². The molecule has 1 amide bonds. The molecule has 0 spiro atoms. The Hall–Kier alpha value is -4.57. The number of para-hydroxylation sites is 3. The van der Waals surface area contributed by atoms with Gasteiger partial charge in [0.1, 0.15) is 17.6 Å². The van der Waals surface area contributed by atoms with E-state index in [-0.39, 0.29) is 11.4 Å². The van der Waals surface area contributed by atoms with Crippen molar-refractivity contribution in [2.45, 2.75) is 13.3 Å². The van der Waals surface area contributed by atoms with Gasteiger partial charge in [0.15, 0.2) is 5.82 Å². The van der Waals surface area contributed by atoms with E-state index in [4.69, 9.17) is 9.47 Å². The molecule has 0 aliphatic heterocycles. The number of carbonyl (C=O) groups excluding carboxylic acids is 1. The summed E-state index contributed by atoms with van der Waals surface area (Å²) >= 11 is 0. The van der Waals surface area contributed by atoms with Crippen LogP contribution in [0.2, 0.25) is 0 Å². The van der Waals surface area contributed by atoms with Crippen LogP contribution < -0.4 is 14.8 Å². The number of carbonyl (C=O) groups is 1. The Morgan fingerprint density at radius 1 is 1.09 bits per heavy atom. The fraction of sp³-hybridized carbons (Fsp3) is 0.148. The predicted octanol–water partition coefficient (Wildman–Crippen LogP) is 5.76. The first kappa shape index (κ1) is 22.6. The van der Waals surface area contributed by atoms with E-state index in [1.54, 1.807) is 44.6 Å². The molecule has 0 saturated heterocycles. The zero-order chi connectivity index (χ0) is 24.1. The fourth-order valence-electron chi connectivity index (χ4n) is 3.79. The molecule has 1 heterocycles. The Morgan fingerprint density at radius 3 is 2.59 bits per heavy atom. The van der Waals surface area contributed by atoms with Crippen LogP contribution in [0, 0.1) is 11.3 Å². The van der Waals surface area contributed by atoms with Gasteiger partial charge in [0.05, 0.1) is 30.8 Å². The third kappa shape index (κ3) is 4.34. The topological polar surface area (TPSA) is 89.2 Å². The normalized spacial score (nSPS) is 11.2. The molecule has 0 fully saturated rings. The second kappa shape index (κ2) is 9.92. The van der Waals surface area contributed by atoms with Crippen LogP contribution in [0.5, 0.6) is 11.5 Å². The van der Waals surface area contributed by atoms with Gasteiger partial charge in [0.25, 0.3) is 0 Å². The summed E-state index contributed by atoms with van der Waals surface area (Å²) in [5.41, 5.74) is 3.78. The van der Waals surface area contributed by atoms with Crippen LogP contribution in [0.3, 0.4) is 0 Å². The third-order valence-electron chi connectivity index (χ3n) is 5.50. The van der Waals surface area contributed by atoms with Gasteiger partial charge in [-0.15, -0.1) is 0 Å². The lowest BCUT2D eigenvalue weighted by atomic mass is 10.1. The molecule has 0 saturated carbocycles. The maximum absolute atomic E-state index is 13.5. The highest BCUT2D eigenvalue weighted by Crippen LogP contribution is 2.30. The summed E-state index contributed by atoms with van der Waals surface area (Å²) in [4.78, 5) is 18.1. The van der Waals surface area contributed by atoms with Crippen molar-refractivity contribution in [2.75, 3.05) is 19.5 Å². The van der Waals surface area contributed by atoms with Crippen LogP contribution in [0.1, 0.15) is 23.9 Å². The zero-order valence-corrected chi connectivity index (χ0v) is 19.2. The molecule has 3 aromatic carbocycles. The molecule has 0 aliphatic rings. The number of anilines is 1. The van der Waals surface area contributed by atoms with E-state index in [0.29, 0.717) is 28.1 Å². The van der Waals surface area contributed by atoms with E-state index in [1.165, 1.54) is 4.57 Å². The molecular formula is C27H24N4O3. The maximum atomic E-state index is 13.5. The van der Waals surface area contributed by atoms with Crippen LogP contribution in [0.25, 0.3) is 22.7 Å². The molecule has 0 radical (unpaired) electrons. The summed E-state index contributed by atoms with van der Waals surface area (Å²) in [6, 6.07) is 22.0. The Labute approximate surface area is 197 Å². The number of benzene rings is 3. The van der Waals surface area contributed by atoms with Gasteiger partial charge in [-0.2, -0.15) is 5.26 Å². The van der Waals surface area contributed by atoms with E-state index in [2.05, 4.69) is 16.4 Å². The largest absolute Gasteiger partial charge is 0.497 e. The van der Waals surface area contributed by atoms with Crippen LogP contribution in [-0.2, 0) is 6.42 Å². The van der Waals surface area contributed by atoms with Crippen molar-refractivity contribution in [3.8, 4) is 17.6 Å². The van der Waals surface area contributed by atoms with Crippen LogP contribution >= 0.6 is 0 Å². The number of nitrogens with one attached hydrogen (secondary N) is 1. The molecule has 7 heteroatoms. The van der Waals surface area contributed by atoms with E-state index >= 15 is 0 Å². The molecule has 1 N–H and O–H groups in total. The second-order valence-electron chi connectivity index (χ2n) is 7.48. The number of nitrogens with zero attached hydrogens (tertiary/aromatic N) is 3. The summed E-state index contributed by atoms with van der Waals surface area (Å²) in [7, 11) is 3.12. The number of nitriles is 1. The first-order valence-electron chi connectivity index (χ1n) is 10.8. The number of rotatable bonds is 6. The Kier molecular flexibility index (Phi) is 6.60. The number of hydrogen-bond acceptors (Lipinski definition) is 5. The average molecular weight is 453 g/mol. The van der Waals surface area contributed by atoms with Crippen molar-refractivity contribution in [3.63, 3.8) is 0 Å². The number of allylic oxidation sites excluding steroid dienone is 1. The lowest BCUT2D eigenvalue weighted by Crippen LogP contribution is -2.22. The molecule has 0 unspecified atom stereocenters. The molecule has 170 valence electrons. The van der Waals surface area contributed by atoms with Gasteiger partial charge in [0.2, 0.25) is 0 Å². The van der Waals surface area contributed by atoms with Crippen molar-refractivity contribution in [1.82, 2.24) is 9.55 Å². The number of amides is 1. The SMILES string of the molecule is CCc1ccccc1NC(=O)n1c(C(C#N)=Cc2cc(OC)ccc2OC)nc2ccccc21. The van der Waals surface area contributed by atoms with Gasteiger partial charge < -0.3 is 14.8 Å². The van der Waals surface area contributed by atoms with E-state index < -0.39 is 6.03 Å². The number of imidazole rings is 1. The fourth-order valence-corrected chi connectivity index (χ4v) is 3.79. The summed E-state index contributed by atoms with van der Waals surface area (Å²) in [5, 5.41) is 13.0. The van der Waals surface area contributed by atoms with E-state index in [1.807, 2.05) is 49.4 Å². The molecule has 0 bridgehead atoms. The monoisotopic (exact) mass is 452 g/mol. The second-order valence-corrected chi connectivity index (χ2v) is 7.48. The van der Waals surface area contributed by atoms with Crippen molar-refractivity contribution >= 4 is 34.4 Å². The van der Waals surface area contributed by atoms with Crippen molar-refractivity contribution in [1.29, 1.82) is 5.26 Å².